The topological polar surface area (TPSA) is 55.8 Å². The molecule has 4 nitrogen and oxygen atoms in total. The summed E-state index contributed by atoms with van der Waals surface area (Å²) in [6.07, 6.45) is -0.870. The lowest BCUT2D eigenvalue weighted by molar-refractivity contribution is -0.150. The Morgan fingerprint density at radius 1 is 1.29 bits per heavy atom. The molecule has 1 aromatic rings. The molecule has 0 heterocycles. The summed E-state index contributed by atoms with van der Waals surface area (Å²) in [7, 11) is 2.88. The molecule has 1 rings (SSSR count). The van der Waals surface area contributed by atoms with Crippen molar-refractivity contribution in [1.29, 1.82) is 0 Å². The van der Waals surface area contributed by atoms with Crippen LogP contribution in [-0.4, -0.2) is 31.4 Å². The van der Waals surface area contributed by atoms with Crippen molar-refractivity contribution in [3.63, 3.8) is 0 Å². The molecule has 0 spiro atoms. The lowest BCUT2D eigenvalue weighted by Crippen LogP contribution is -2.24. The summed E-state index contributed by atoms with van der Waals surface area (Å²) in [5.74, 6) is 0.220. The standard InChI is InChI=1S/C13H18O4/c1-8-5-10(6-9(2)12(8)16-3)7-11(14)13(15)17-4/h5-6,11,14H,7H2,1-4H3. The molecule has 0 saturated heterocycles. The molecule has 0 fully saturated rings. The Hall–Kier alpha value is -1.55. The van der Waals surface area contributed by atoms with E-state index in [0.29, 0.717) is 0 Å². The third kappa shape index (κ3) is 3.20. The van der Waals surface area contributed by atoms with E-state index in [2.05, 4.69) is 4.74 Å². The van der Waals surface area contributed by atoms with Gasteiger partial charge in [-0.05, 0) is 30.5 Å². The Bertz CT molecular complexity index is 389. The minimum Gasteiger partial charge on any atom is -0.496 e. The Balaban J connectivity index is 2.90. The van der Waals surface area contributed by atoms with Crippen molar-refractivity contribution in [1.82, 2.24) is 0 Å². The largest absolute Gasteiger partial charge is 0.496 e. The zero-order valence-corrected chi connectivity index (χ0v) is 10.6. The smallest absolute Gasteiger partial charge is 0.335 e. The summed E-state index contributed by atoms with van der Waals surface area (Å²) < 4.78 is 9.73. The normalized spacial score (nSPS) is 12.1. The van der Waals surface area contributed by atoms with Gasteiger partial charge in [-0.25, -0.2) is 4.79 Å². The second kappa shape index (κ2) is 5.68. The van der Waals surface area contributed by atoms with E-state index in [1.165, 1.54) is 7.11 Å². The van der Waals surface area contributed by atoms with E-state index in [0.717, 1.165) is 22.4 Å². The van der Waals surface area contributed by atoms with Gasteiger partial charge in [0.05, 0.1) is 14.2 Å². The van der Waals surface area contributed by atoms with E-state index in [-0.39, 0.29) is 6.42 Å². The van der Waals surface area contributed by atoms with Crippen LogP contribution in [0.15, 0.2) is 12.1 Å². The first-order chi connectivity index (χ1) is 7.99. The third-order valence-corrected chi connectivity index (χ3v) is 2.63. The van der Waals surface area contributed by atoms with Crippen LogP contribution in [0.2, 0.25) is 0 Å². The number of hydrogen-bond donors (Lipinski definition) is 1. The van der Waals surface area contributed by atoms with Crippen LogP contribution in [0.3, 0.4) is 0 Å². The van der Waals surface area contributed by atoms with E-state index < -0.39 is 12.1 Å². The number of benzene rings is 1. The van der Waals surface area contributed by atoms with E-state index >= 15 is 0 Å². The predicted octanol–water partition coefficient (Wildman–Crippen LogP) is 1.39. The first-order valence-corrected chi connectivity index (χ1v) is 5.39. The number of ether oxygens (including phenoxy) is 2. The maximum atomic E-state index is 11.1. The van der Waals surface area contributed by atoms with E-state index in [4.69, 9.17) is 4.74 Å². The zero-order chi connectivity index (χ0) is 13.0. The highest BCUT2D eigenvalue weighted by Crippen LogP contribution is 2.24. The minimum atomic E-state index is -1.12. The highest BCUT2D eigenvalue weighted by atomic mass is 16.5. The van der Waals surface area contributed by atoms with Gasteiger partial charge in [-0.1, -0.05) is 12.1 Å². The van der Waals surface area contributed by atoms with Gasteiger partial charge in [-0.2, -0.15) is 0 Å². The van der Waals surface area contributed by atoms with E-state index in [1.807, 2.05) is 26.0 Å². The monoisotopic (exact) mass is 238 g/mol. The van der Waals surface area contributed by atoms with Crippen LogP contribution in [0.4, 0.5) is 0 Å². The van der Waals surface area contributed by atoms with E-state index in [1.54, 1.807) is 7.11 Å². The molecule has 1 unspecified atom stereocenters. The molecule has 0 aromatic heterocycles. The summed E-state index contributed by atoms with van der Waals surface area (Å²) >= 11 is 0. The zero-order valence-electron chi connectivity index (χ0n) is 10.6. The van der Waals surface area contributed by atoms with Gasteiger partial charge < -0.3 is 14.6 Å². The number of aliphatic hydroxyl groups excluding tert-OH is 1. The average Bonchev–Trinajstić information content (AvgIpc) is 2.27. The van der Waals surface area contributed by atoms with Crippen LogP contribution in [0, 0.1) is 13.8 Å². The van der Waals surface area contributed by atoms with Gasteiger partial charge in [0, 0.05) is 6.42 Å². The summed E-state index contributed by atoms with van der Waals surface area (Å²) in [5, 5.41) is 9.57. The molecule has 0 amide bonds. The predicted molar refractivity (Wildman–Crippen MR) is 64.2 cm³/mol. The molecule has 0 aliphatic rings. The number of methoxy groups -OCH3 is 2. The van der Waals surface area contributed by atoms with Crippen molar-refractivity contribution < 1.29 is 19.4 Å². The molecular weight excluding hydrogens is 220 g/mol. The quantitative estimate of drug-likeness (QED) is 0.805. The lowest BCUT2D eigenvalue weighted by atomic mass is 10.0. The number of hydrogen-bond acceptors (Lipinski definition) is 4. The van der Waals surface area contributed by atoms with Gasteiger partial charge in [-0.15, -0.1) is 0 Å². The molecule has 0 aliphatic heterocycles. The van der Waals surface area contributed by atoms with Crippen molar-refractivity contribution in [3.05, 3.63) is 28.8 Å². The van der Waals surface area contributed by atoms with Crippen molar-refractivity contribution in [2.45, 2.75) is 26.4 Å². The molecule has 94 valence electrons. The van der Waals surface area contributed by atoms with Crippen LogP contribution in [0.25, 0.3) is 0 Å². The number of carbonyl (C=O) groups excluding carboxylic acids is 1. The maximum Gasteiger partial charge on any atom is 0.335 e. The molecule has 0 saturated carbocycles. The molecule has 0 radical (unpaired) electrons. The molecule has 1 N–H and O–H groups in total. The number of esters is 1. The summed E-state index contributed by atoms with van der Waals surface area (Å²) in [4.78, 5) is 11.1. The van der Waals surface area contributed by atoms with Crippen molar-refractivity contribution in [2.75, 3.05) is 14.2 Å². The Kier molecular flexibility index (Phi) is 4.52. The highest BCUT2D eigenvalue weighted by molar-refractivity contribution is 5.74. The van der Waals surface area contributed by atoms with Gasteiger partial charge in [0.25, 0.3) is 0 Å². The Morgan fingerprint density at radius 3 is 2.24 bits per heavy atom. The average molecular weight is 238 g/mol. The van der Waals surface area contributed by atoms with Crippen LogP contribution in [-0.2, 0) is 16.0 Å². The molecule has 17 heavy (non-hydrogen) atoms. The van der Waals surface area contributed by atoms with Crippen LogP contribution >= 0.6 is 0 Å². The van der Waals surface area contributed by atoms with Crippen LogP contribution in [0.5, 0.6) is 5.75 Å². The van der Waals surface area contributed by atoms with Gasteiger partial charge in [0.2, 0.25) is 0 Å². The number of carbonyl (C=O) groups is 1. The fraction of sp³-hybridized carbons (Fsp3) is 0.462. The third-order valence-electron chi connectivity index (χ3n) is 2.63. The van der Waals surface area contributed by atoms with Crippen molar-refractivity contribution >= 4 is 5.97 Å². The fourth-order valence-corrected chi connectivity index (χ4v) is 1.92. The second-order valence-electron chi connectivity index (χ2n) is 4.01. The van der Waals surface area contributed by atoms with Crippen molar-refractivity contribution in [2.24, 2.45) is 0 Å². The Labute approximate surface area is 101 Å². The summed E-state index contributed by atoms with van der Waals surface area (Å²) in [5.41, 5.74) is 2.86. The molecule has 4 heteroatoms. The SMILES string of the molecule is COC(=O)C(O)Cc1cc(C)c(OC)c(C)c1. The van der Waals surface area contributed by atoms with E-state index in [9.17, 15) is 9.90 Å². The fourth-order valence-electron chi connectivity index (χ4n) is 1.92. The molecule has 1 atom stereocenters. The lowest BCUT2D eigenvalue weighted by Gasteiger charge is -2.13. The molecular formula is C13H18O4. The Morgan fingerprint density at radius 2 is 1.82 bits per heavy atom. The second-order valence-corrected chi connectivity index (χ2v) is 4.01. The van der Waals surface area contributed by atoms with Crippen molar-refractivity contribution in [3.8, 4) is 5.75 Å². The van der Waals surface area contributed by atoms with Gasteiger partial charge >= 0.3 is 5.97 Å². The van der Waals surface area contributed by atoms with Gasteiger partial charge in [-0.3, -0.25) is 0 Å². The molecule has 0 aliphatic carbocycles. The van der Waals surface area contributed by atoms with Crippen LogP contribution in [0.1, 0.15) is 16.7 Å². The summed E-state index contributed by atoms with van der Waals surface area (Å²) in [6.45, 7) is 3.86. The minimum absolute atomic E-state index is 0.248. The van der Waals surface area contributed by atoms with Gasteiger partial charge in [0.15, 0.2) is 6.10 Å². The van der Waals surface area contributed by atoms with Crippen LogP contribution < -0.4 is 4.74 Å². The first-order valence-electron chi connectivity index (χ1n) is 5.39. The first kappa shape index (κ1) is 13.5. The summed E-state index contributed by atoms with van der Waals surface area (Å²) in [6, 6.07) is 3.80. The number of aryl methyl sites for hydroxylation is 2. The maximum absolute atomic E-state index is 11.1. The molecule has 1 aromatic carbocycles. The number of aliphatic hydroxyl groups is 1. The molecule has 0 bridgehead atoms. The number of rotatable bonds is 4. The highest BCUT2D eigenvalue weighted by Gasteiger charge is 2.17. The van der Waals surface area contributed by atoms with Gasteiger partial charge in [0.1, 0.15) is 5.75 Å².